The fraction of sp³-hybridized carbons (Fsp3) is 0.739. The molecule has 4 heterocycles. The molecule has 0 N–H and O–H groups in total. The van der Waals surface area contributed by atoms with Gasteiger partial charge < -0.3 is 14.5 Å². The number of carbonyl (C=O) groups is 1. The Morgan fingerprint density at radius 1 is 1.17 bits per heavy atom. The van der Waals surface area contributed by atoms with Crippen LogP contribution in [0.25, 0.3) is 0 Å². The van der Waals surface area contributed by atoms with Crippen LogP contribution in [0.3, 0.4) is 0 Å². The van der Waals surface area contributed by atoms with Crippen LogP contribution in [0, 0.1) is 5.92 Å². The topological polar surface area (TPSA) is 48.9 Å². The normalized spacial score (nSPS) is 26.2. The molecule has 160 valence electrons. The molecule has 0 unspecified atom stereocenters. The predicted molar refractivity (Wildman–Crippen MR) is 114 cm³/mol. The van der Waals surface area contributed by atoms with Crippen molar-refractivity contribution in [3.63, 3.8) is 0 Å². The molecule has 1 atom stereocenters. The number of aromatic nitrogens is 1. The molecule has 6 nitrogen and oxygen atoms in total. The number of carbonyl (C=O) groups excluding carboxylic acids is 1. The van der Waals surface area contributed by atoms with E-state index in [9.17, 15) is 4.79 Å². The van der Waals surface area contributed by atoms with Crippen molar-refractivity contribution in [1.29, 1.82) is 0 Å². The molecular weight excluding hydrogens is 364 g/mol. The van der Waals surface area contributed by atoms with Crippen molar-refractivity contribution >= 4 is 5.91 Å². The van der Waals surface area contributed by atoms with Gasteiger partial charge in [0.2, 0.25) is 0 Å². The zero-order valence-corrected chi connectivity index (χ0v) is 18.1. The smallest absolute Gasteiger partial charge is 0.272 e. The molecule has 0 aliphatic carbocycles. The molecule has 3 saturated heterocycles. The van der Waals surface area contributed by atoms with E-state index in [1.54, 1.807) is 12.3 Å². The molecule has 1 aromatic rings. The van der Waals surface area contributed by atoms with Gasteiger partial charge in [0.1, 0.15) is 5.69 Å². The molecule has 1 aromatic heterocycles. The number of hydrogen-bond acceptors (Lipinski definition) is 5. The number of piperazine rings is 1. The summed E-state index contributed by atoms with van der Waals surface area (Å²) in [5, 5.41) is 0. The standard InChI is InChI=1S/C23H36N4O2/c1-19(2)18-25-12-14-26(15-13-25)20-6-16-29-23(17-20)7-10-27(11-8-23)22(28)21-5-3-4-9-24-21/h3-5,9,19-20H,6-8,10-18H2,1-2H3/t20-/m1/s1. The first-order valence-electron chi connectivity index (χ1n) is 11.4. The van der Waals surface area contributed by atoms with Crippen LogP contribution < -0.4 is 0 Å². The highest BCUT2D eigenvalue weighted by Gasteiger charge is 2.43. The Morgan fingerprint density at radius 3 is 2.59 bits per heavy atom. The van der Waals surface area contributed by atoms with Crippen molar-refractivity contribution in [2.45, 2.75) is 51.2 Å². The molecule has 1 spiro atoms. The SMILES string of the molecule is CC(C)CN1CCN([C@@H]2CCOC3(CCN(C(=O)c4ccccn4)CC3)C2)CC1. The van der Waals surface area contributed by atoms with Crippen molar-refractivity contribution in [2.75, 3.05) is 52.4 Å². The zero-order chi connectivity index (χ0) is 20.3. The van der Waals surface area contributed by atoms with Crippen molar-refractivity contribution < 1.29 is 9.53 Å². The molecule has 4 rings (SSSR count). The van der Waals surface area contributed by atoms with Gasteiger partial charge in [0.25, 0.3) is 5.91 Å². The van der Waals surface area contributed by atoms with Crippen LogP contribution >= 0.6 is 0 Å². The summed E-state index contributed by atoms with van der Waals surface area (Å²) in [6, 6.07) is 6.16. The summed E-state index contributed by atoms with van der Waals surface area (Å²) in [6.45, 7) is 12.9. The third-order valence-corrected chi connectivity index (χ3v) is 6.86. The Morgan fingerprint density at radius 2 is 1.93 bits per heavy atom. The summed E-state index contributed by atoms with van der Waals surface area (Å²) < 4.78 is 6.34. The van der Waals surface area contributed by atoms with Gasteiger partial charge in [-0.1, -0.05) is 19.9 Å². The Hall–Kier alpha value is -1.50. The first-order valence-corrected chi connectivity index (χ1v) is 11.4. The lowest BCUT2D eigenvalue weighted by Crippen LogP contribution is -2.57. The molecule has 29 heavy (non-hydrogen) atoms. The van der Waals surface area contributed by atoms with Crippen LogP contribution in [0.5, 0.6) is 0 Å². The van der Waals surface area contributed by atoms with Gasteiger partial charge in [0.05, 0.1) is 5.60 Å². The lowest BCUT2D eigenvalue weighted by Gasteiger charge is -2.49. The number of amides is 1. The minimum atomic E-state index is -0.0428. The number of ether oxygens (including phenoxy) is 1. The minimum absolute atomic E-state index is 0.0428. The molecule has 3 aliphatic rings. The second kappa shape index (κ2) is 9.11. The van der Waals surface area contributed by atoms with Gasteiger partial charge in [0, 0.05) is 64.7 Å². The highest BCUT2D eigenvalue weighted by molar-refractivity contribution is 5.92. The van der Waals surface area contributed by atoms with Crippen LogP contribution in [-0.4, -0.2) is 89.7 Å². The van der Waals surface area contributed by atoms with E-state index < -0.39 is 0 Å². The Bertz CT molecular complexity index is 665. The van der Waals surface area contributed by atoms with E-state index in [1.165, 1.54) is 32.7 Å². The maximum absolute atomic E-state index is 12.7. The second-order valence-corrected chi connectivity index (χ2v) is 9.42. The van der Waals surface area contributed by atoms with Crippen molar-refractivity contribution in [3.05, 3.63) is 30.1 Å². The highest BCUT2D eigenvalue weighted by Crippen LogP contribution is 2.37. The lowest BCUT2D eigenvalue weighted by atomic mass is 9.81. The Kier molecular flexibility index (Phi) is 6.52. The van der Waals surface area contributed by atoms with Gasteiger partial charge in [0.15, 0.2) is 0 Å². The second-order valence-electron chi connectivity index (χ2n) is 9.42. The molecule has 0 aromatic carbocycles. The minimum Gasteiger partial charge on any atom is -0.375 e. The average molecular weight is 401 g/mol. The number of piperidine rings is 1. The summed E-state index contributed by atoms with van der Waals surface area (Å²) >= 11 is 0. The van der Waals surface area contributed by atoms with Crippen molar-refractivity contribution in [2.24, 2.45) is 5.92 Å². The highest BCUT2D eigenvalue weighted by atomic mass is 16.5. The van der Waals surface area contributed by atoms with Crippen LogP contribution in [0.15, 0.2) is 24.4 Å². The molecular formula is C23H36N4O2. The summed E-state index contributed by atoms with van der Waals surface area (Å²) in [5.74, 6) is 0.793. The fourth-order valence-electron chi connectivity index (χ4n) is 5.26. The van der Waals surface area contributed by atoms with Gasteiger partial charge in [-0.25, -0.2) is 0 Å². The number of nitrogens with zero attached hydrogens (tertiary/aromatic N) is 4. The van der Waals surface area contributed by atoms with Crippen molar-refractivity contribution in [1.82, 2.24) is 19.7 Å². The molecule has 3 fully saturated rings. The maximum atomic E-state index is 12.7. The van der Waals surface area contributed by atoms with E-state index in [0.717, 1.165) is 51.3 Å². The summed E-state index contributed by atoms with van der Waals surface area (Å²) in [7, 11) is 0. The first kappa shape index (κ1) is 20.8. The third-order valence-electron chi connectivity index (χ3n) is 6.86. The molecule has 0 radical (unpaired) electrons. The van der Waals surface area contributed by atoms with Gasteiger partial charge in [-0.3, -0.25) is 14.7 Å². The van der Waals surface area contributed by atoms with Crippen molar-refractivity contribution in [3.8, 4) is 0 Å². The number of hydrogen-bond donors (Lipinski definition) is 0. The zero-order valence-electron chi connectivity index (χ0n) is 18.1. The van der Waals surface area contributed by atoms with E-state index in [0.29, 0.717) is 11.7 Å². The Balaban J connectivity index is 1.29. The lowest BCUT2D eigenvalue weighted by molar-refractivity contribution is -0.132. The molecule has 3 aliphatic heterocycles. The summed E-state index contributed by atoms with van der Waals surface area (Å²) in [6.07, 6.45) is 5.82. The third kappa shape index (κ3) is 4.98. The van der Waals surface area contributed by atoms with Crippen LogP contribution in [0.4, 0.5) is 0 Å². The van der Waals surface area contributed by atoms with E-state index in [-0.39, 0.29) is 11.5 Å². The molecule has 6 heteroatoms. The van der Waals surface area contributed by atoms with Crippen LogP contribution in [0.2, 0.25) is 0 Å². The number of rotatable bonds is 4. The average Bonchev–Trinajstić information content (AvgIpc) is 2.75. The van der Waals surface area contributed by atoms with E-state index in [1.807, 2.05) is 17.0 Å². The van der Waals surface area contributed by atoms with Gasteiger partial charge >= 0.3 is 0 Å². The predicted octanol–water partition coefficient (Wildman–Crippen LogP) is 2.51. The van der Waals surface area contributed by atoms with E-state index >= 15 is 0 Å². The quantitative estimate of drug-likeness (QED) is 0.777. The Labute approximate surface area is 175 Å². The summed E-state index contributed by atoms with van der Waals surface area (Å²) in [4.78, 5) is 24.2. The monoisotopic (exact) mass is 400 g/mol. The summed E-state index contributed by atoms with van der Waals surface area (Å²) in [5.41, 5.74) is 0.504. The van der Waals surface area contributed by atoms with E-state index in [2.05, 4.69) is 28.6 Å². The molecule has 1 amide bonds. The van der Waals surface area contributed by atoms with Crippen LogP contribution in [0.1, 0.15) is 50.0 Å². The number of likely N-dealkylation sites (tertiary alicyclic amines) is 1. The molecule has 0 bridgehead atoms. The van der Waals surface area contributed by atoms with Crippen LogP contribution in [-0.2, 0) is 4.74 Å². The number of pyridine rings is 1. The van der Waals surface area contributed by atoms with Gasteiger partial charge in [-0.2, -0.15) is 0 Å². The molecule has 0 saturated carbocycles. The largest absolute Gasteiger partial charge is 0.375 e. The van der Waals surface area contributed by atoms with Gasteiger partial charge in [-0.15, -0.1) is 0 Å². The fourth-order valence-corrected chi connectivity index (χ4v) is 5.26. The van der Waals surface area contributed by atoms with Gasteiger partial charge in [-0.05, 0) is 43.7 Å². The van der Waals surface area contributed by atoms with E-state index in [4.69, 9.17) is 4.74 Å². The maximum Gasteiger partial charge on any atom is 0.272 e. The first-order chi connectivity index (χ1) is 14.0.